The third-order valence-corrected chi connectivity index (χ3v) is 6.01. The van der Waals surface area contributed by atoms with E-state index in [-0.39, 0.29) is 11.1 Å². The smallest absolute Gasteiger partial charge is 0.377 e. The van der Waals surface area contributed by atoms with Gasteiger partial charge in [-0.05, 0) is 13.3 Å². The molecule has 0 spiro atoms. The van der Waals surface area contributed by atoms with Crippen molar-refractivity contribution >= 4 is 8.80 Å². The van der Waals surface area contributed by atoms with Crippen LogP contribution in [-0.4, -0.2) is 29.1 Å². The summed E-state index contributed by atoms with van der Waals surface area (Å²) in [7, 11) is 0.811. The normalized spacial score (nSPS) is 15.6. The van der Waals surface area contributed by atoms with Crippen LogP contribution in [0.4, 0.5) is 0 Å². The molecule has 0 aliphatic carbocycles. The predicted octanol–water partition coefficient (Wildman–Crippen LogP) is 2.83. The highest BCUT2D eigenvalue weighted by Crippen LogP contribution is 2.38. The lowest BCUT2D eigenvalue weighted by Crippen LogP contribution is -2.53. The minimum atomic E-state index is -2.53. The SMILES string of the molecule is CCC(C)O[Si](OC)(OC)C(C)(C)C. The first-order valence-electron chi connectivity index (χ1n) is 5.11. The molecule has 1 unspecified atom stereocenters. The molecule has 0 N–H and O–H groups in total. The standard InChI is InChI=1S/C10H24O3Si/c1-8-9(2)13-14(11-6,12-7)10(3,4)5/h9H,8H2,1-7H3. The van der Waals surface area contributed by atoms with Gasteiger partial charge in [-0.15, -0.1) is 0 Å². The van der Waals surface area contributed by atoms with Gasteiger partial charge in [-0.25, -0.2) is 0 Å². The van der Waals surface area contributed by atoms with E-state index in [0.717, 1.165) is 6.42 Å². The Labute approximate surface area is 89.1 Å². The van der Waals surface area contributed by atoms with Crippen LogP contribution in [0.25, 0.3) is 0 Å². The van der Waals surface area contributed by atoms with Crippen LogP contribution in [0.15, 0.2) is 0 Å². The van der Waals surface area contributed by atoms with Crippen LogP contribution in [-0.2, 0) is 13.3 Å². The van der Waals surface area contributed by atoms with E-state index in [1.807, 2.05) is 6.92 Å². The molecule has 0 heterocycles. The molecule has 4 heteroatoms. The summed E-state index contributed by atoms with van der Waals surface area (Å²) in [5.74, 6) is 0. The zero-order chi connectivity index (χ0) is 11.4. The largest absolute Gasteiger partial charge is 0.506 e. The highest BCUT2D eigenvalue weighted by atomic mass is 28.4. The summed E-state index contributed by atoms with van der Waals surface area (Å²) < 4.78 is 17.0. The third kappa shape index (κ3) is 3.05. The van der Waals surface area contributed by atoms with E-state index < -0.39 is 8.80 Å². The molecular weight excluding hydrogens is 196 g/mol. The first-order chi connectivity index (χ1) is 6.33. The Bertz CT molecular complexity index is 161. The molecule has 14 heavy (non-hydrogen) atoms. The maximum atomic E-state index is 5.94. The van der Waals surface area contributed by atoms with Crippen molar-refractivity contribution in [3.05, 3.63) is 0 Å². The Kier molecular flexibility index (Phi) is 5.29. The van der Waals surface area contributed by atoms with Crippen LogP contribution in [0.2, 0.25) is 5.04 Å². The molecule has 1 atom stereocenters. The molecule has 86 valence electrons. The van der Waals surface area contributed by atoms with E-state index in [0.29, 0.717) is 0 Å². The summed E-state index contributed by atoms with van der Waals surface area (Å²) in [6, 6.07) is 0. The summed E-state index contributed by atoms with van der Waals surface area (Å²) in [6.07, 6.45) is 1.15. The van der Waals surface area contributed by atoms with Gasteiger partial charge in [-0.1, -0.05) is 27.7 Å². The van der Waals surface area contributed by atoms with E-state index in [2.05, 4.69) is 27.7 Å². The van der Waals surface area contributed by atoms with Gasteiger partial charge in [-0.2, -0.15) is 0 Å². The lowest BCUT2D eigenvalue weighted by atomic mass is 10.3. The number of hydrogen-bond donors (Lipinski definition) is 0. The molecule has 0 aromatic heterocycles. The summed E-state index contributed by atoms with van der Waals surface area (Å²) in [6.45, 7) is 10.4. The van der Waals surface area contributed by atoms with E-state index in [1.165, 1.54) is 0 Å². The molecule has 0 saturated heterocycles. The molecule has 0 aromatic carbocycles. The van der Waals surface area contributed by atoms with Crippen LogP contribution >= 0.6 is 0 Å². The molecule has 0 radical (unpaired) electrons. The molecule has 0 rings (SSSR count). The first-order valence-corrected chi connectivity index (χ1v) is 6.83. The Balaban J connectivity index is 4.71. The molecular formula is C10H24O3Si. The summed E-state index contributed by atoms with van der Waals surface area (Å²) in [5, 5.41) is -0.0834. The van der Waals surface area contributed by atoms with Gasteiger partial charge in [0, 0.05) is 25.4 Å². The maximum absolute atomic E-state index is 5.94. The topological polar surface area (TPSA) is 27.7 Å². The quantitative estimate of drug-likeness (QED) is 0.667. The van der Waals surface area contributed by atoms with Crippen LogP contribution in [0, 0.1) is 0 Å². The molecule has 0 saturated carbocycles. The Morgan fingerprint density at radius 3 is 1.79 bits per heavy atom. The number of rotatable bonds is 5. The predicted molar refractivity (Wildman–Crippen MR) is 60.3 cm³/mol. The fourth-order valence-electron chi connectivity index (χ4n) is 1.32. The van der Waals surface area contributed by atoms with Gasteiger partial charge in [-0.3, -0.25) is 0 Å². The van der Waals surface area contributed by atoms with E-state index in [9.17, 15) is 0 Å². The summed E-state index contributed by atoms with van der Waals surface area (Å²) in [4.78, 5) is 0. The molecule has 0 aromatic rings. The van der Waals surface area contributed by atoms with Crippen LogP contribution in [0.5, 0.6) is 0 Å². The molecule has 0 amide bonds. The Morgan fingerprint density at radius 2 is 1.57 bits per heavy atom. The highest BCUT2D eigenvalue weighted by molar-refractivity contribution is 6.64. The fourth-order valence-corrected chi connectivity index (χ4v) is 3.95. The van der Waals surface area contributed by atoms with Crippen molar-refractivity contribution in [2.24, 2.45) is 0 Å². The molecule has 0 fully saturated rings. The second-order valence-corrected chi connectivity index (χ2v) is 8.22. The fraction of sp³-hybridized carbons (Fsp3) is 1.00. The monoisotopic (exact) mass is 220 g/mol. The molecule has 3 nitrogen and oxygen atoms in total. The van der Waals surface area contributed by atoms with Crippen LogP contribution < -0.4 is 0 Å². The molecule has 0 aliphatic heterocycles. The lowest BCUT2D eigenvalue weighted by Gasteiger charge is -2.38. The van der Waals surface area contributed by atoms with E-state index in [1.54, 1.807) is 14.2 Å². The van der Waals surface area contributed by atoms with Crippen molar-refractivity contribution < 1.29 is 13.3 Å². The van der Waals surface area contributed by atoms with Crippen molar-refractivity contribution in [2.45, 2.75) is 52.2 Å². The zero-order valence-corrected chi connectivity index (χ0v) is 11.5. The van der Waals surface area contributed by atoms with Crippen molar-refractivity contribution in [2.75, 3.05) is 14.2 Å². The minimum absolute atomic E-state index is 0.0834. The van der Waals surface area contributed by atoms with Gasteiger partial charge in [0.05, 0.1) is 0 Å². The van der Waals surface area contributed by atoms with Crippen molar-refractivity contribution in [1.82, 2.24) is 0 Å². The molecule has 0 bridgehead atoms. The molecule has 0 aliphatic rings. The van der Waals surface area contributed by atoms with Gasteiger partial charge in [0.25, 0.3) is 0 Å². The number of hydrogen-bond acceptors (Lipinski definition) is 3. The second-order valence-electron chi connectivity index (χ2n) is 4.55. The van der Waals surface area contributed by atoms with Crippen LogP contribution in [0.1, 0.15) is 41.0 Å². The van der Waals surface area contributed by atoms with E-state index in [4.69, 9.17) is 13.3 Å². The van der Waals surface area contributed by atoms with Gasteiger partial charge in [0.1, 0.15) is 0 Å². The average Bonchev–Trinajstić information content (AvgIpc) is 2.11. The first kappa shape index (κ1) is 14.1. The van der Waals surface area contributed by atoms with Gasteiger partial charge in [0.2, 0.25) is 0 Å². The Morgan fingerprint density at radius 1 is 1.14 bits per heavy atom. The van der Waals surface area contributed by atoms with E-state index >= 15 is 0 Å². The summed E-state index contributed by atoms with van der Waals surface area (Å²) in [5.41, 5.74) is 0. The van der Waals surface area contributed by atoms with Crippen molar-refractivity contribution in [1.29, 1.82) is 0 Å². The van der Waals surface area contributed by atoms with Gasteiger partial charge in [0.15, 0.2) is 0 Å². The van der Waals surface area contributed by atoms with Gasteiger partial charge < -0.3 is 13.3 Å². The highest BCUT2D eigenvalue weighted by Gasteiger charge is 2.52. The van der Waals surface area contributed by atoms with Crippen molar-refractivity contribution in [3.8, 4) is 0 Å². The lowest BCUT2D eigenvalue weighted by molar-refractivity contribution is 0.0425. The summed E-state index contributed by atoms with van der Waals surface area (Å²) >= 11 is 0. The average molecular weight is 220 g/mol. The Hall–Kier alpha value is 0.0969. The van der Waals surface area contributed by atoms with Gasteiger partial charge >= 0.3 is 8.80 Å². The van der Waals surface area contributed by atoms with Crippen LogP contribution in [0.3, 0.4) is 0 Å². The van der Waals surface area contributed by atoms with Crippen molar-refractivity contribution in [3.63, 3.8) is 0 Å². The zero-order valence-electron chi connectivity index (χ0n) is 10.5. The maximum Gasteiger partial charge on any atom is 0.506 e. The second kappa shape index (κ2) is 5.26. The minimum Gasteiger partial charge on any atom is -0.377 e. The third-order valence-electron chi connectivity index (χ3n) is 2.39.